The second-order valence-electron chi connectivity index (χ2n) is 6.30. The molecule has 0 saturated heterocycles. The Balaban J connectivity index is 1.67. The van der Waals surface area contributed by atoms with Gasteiger partial charge >= 0.3 is 0 Å². The Morgan fingerprint density at radius 2 is 2.08 bits per heavy atom. The van der Waals surface area contributed by atoms with Crippen molar-refractivity contribution in [3.8, 4) is 5.75 Å². The summed E-state index contributed by atoms with van der Waals surface area (Å²) in [6.07, 6.45) is 0.0596. The molecule has 0 aliphatic carbocycles. The number of hydrogen-bond donors (Lipinski definition) is 2. The van der Waals surface area contributed by atoms with Gasteiger partial charge in [-0.05, 0) is 36.8 Å². The quantitative estimate of drug-likeness (QED) is 0.844. The third-order valence-electron chi connectivity index (χ3n) is 3.98. The molecule has 1 aliphatic heterocycles. The second kappa shape index (κ2) is 7.35. The molecule has 26 heavy (non-hydrogen) atoms. The molecule has 2 aromatic carbocycles. The molecule has 1 heterocycles. The Kier molecular flexibility index (Phi) is 5.15. The normalized spacial score (nSPS) is 19.3. The number of benzene rings is 2. The number of phenols is 1. The Labute approximate surface area is 157 Å². The lowest BCUT2D eigenvalue weighted by atomic mass is 10.1. The number of carbonyl (C=O) groups is 1. The average molecular weight is 374 g/mol. The summed E-state index contributed by atoms with van der Waals surface area (Å²) in [5, 5.41) is 14.4. The molecule has 0 saturated carbocycles. The molecular formula is C19H20ClN3O3. The highest BCUT2D eigenvalue weighted by Crippen LogP contribution is 2.30. The summed E-state index contributed by atoms with van der Waals surface area (Å²) in [5.74, 6) is 0.547. The monoisotopic (exact) mass is 373 g/mol. The standard InChI is InChI=1S/C19H20ClN3O3/c1-19(11-17(25)21-12-13-6-5-7-14(24)10-13)22-18(23(2)26-19)15-8-3-4-9-16(15)20/h3-10,24H,11-12H2,1-2H3,(H,21,25). The largest absolute Gasteiger partial charge is 0.508 e. The summed E-state index contributed by atoms with van der Waals surface area (Å²) in [6, 6.07) is 14.1. The minimum Gasteiger partial charge on any atom is -0.508 e. The van der Waals surface area contributed by atoms with E-state index in [1.54, 1.807) is 38.2 Å². The predicted octanol–water partition coefficient (Wildman–Crippen LogP) is 3.09. The highest BCUT2D eigenvalue weighted by Gasteiger charge is 2.38. The fourth-order valence-corrected chi connectivity index (χ4v) is 3.05. The number of phenolic OH excluding ortho intramolecular Hbond substituents is 1. The number of carbonyl (C=O) groups excluding carboxylic acids is 1. The molecule has 0 spiro atoms. The summed E-state index contributed by atoms with van der Waals surface area (Å²) >= 11 is 6.24. The number of aliphatic imine (C=N–C) groups is 1. The van der Waals surface area contributed by atoms with Crippen molar-refractivity contribution < 1.29 is 14.7 Å². The van der Waals surface area contributed by atoms with E-state index in [2.05, 4.69) is 10.3 Å². The van der Waals surface area contributed by atoms with Gasteiger partial charge in [0.15, 0.2) is 11.6 Å². The van der Waals surface area contributed by atoms with Crippen molar-refractivity contribution in [3.05, 3.63) is 64.7 Å². The first kappa shape index (κ1) is 18.2. The number of nitrogens with zero attached hydrogens (tertiary/aromatic N) is 2. The zero-order valence-electron chi connectivity index (χ0n) is 14.6. The SMILES string of the molecule is CN1OC(C)(CC(=O)NCc2cccc(O)c2)N=C1c1ccccc1Cl. The van der Waals surface area contributed by atoms with Gasteiger partial charge in [-0.25, -0.2) is 14.9 Å². The van der Waals surface area contributed by atoms with Gasteiger partial charge in [0.05, 0.1) is 11.4 Å². The zero-order chi connectivity index (χ0) is 18.7. The van der Waals surface area contributed by atoms with E-state index in [0.29, 0.717) is 17.4 Å². The van der Waals surface area contributed by atoms with E-state index < -0.39 is 5.72 Å². The van der Waals surface area contributed by atoms with Gasteiger partial charge in [0.1, 0.15) is 5.75 Å². The fourth-order valence-electron chi connectivity index (χ4n) is 2.82. The summed E-state index contributed by atoms with van der Waals surface area (Å²) < 4.78 is 0. The van der Waals surface area contributed by atoms with Gasteiger partial charge in [-0.2, -0.15) is 0 Å². The summed E-state index contributed by atoms with van der Waals surface area (Å²) in [7, 11) is 1.73. The van der Waals surface area contributed by atoms with E-state index in [9.17, 15) is 9.90 Å². The Morgan fingerprint density at radius 1 is 1.31 bits per heavy atom. The molecule has 1 aliphatic rings. The van der Waals surface area contributed by atoms with E-state index in [4.69, 9.17) is 16.4 Å². The van der Waals surface area contributed by atoms with Crippen LogP contribution in [0.3, 0.4) is 0 Å². The van der Waals surface area contributed by atoms with Crippen molar-refractivity contribution in [1.29, 1.82) is 0 Å². The van der Waals surface area contributed by atoms with Gasteiger partial charge in [0, 0.05) is 19.2 Å². The highest BCUT2D eigenvalue weighted by molar-refractivity contribution is 6.34. The fraction of sp³-hybridized carbons (Fsp3) is 0.263. The van der Waals surface area contributed by atoms with Crippen molar-refractivity contribution in [2.24, 2.45) is 4.99 Å². The number of hydrogen-bond acceptors (Lipinski definition) is 5. The molecule has 7 heteroatoms. The number of halogens is 1. The van der Waals surface area contributed by atoms with Crippen molar-refractivity contribution in [2.75, 3.05) is 7.05 Å². The van der Waals surface area contributed by atoms with Crippen molar-refractivity contribution in [2.45, 2.75) is 25.6 Å². The van der Waals surface area contributed by atoms with Crippen LogP contribution in [-0.2, 0) is 16.2 Å². The topological polar surface area (TPSA) is 74.2 Å². The van der Waals surface area contributed by atoms with Crippen molar-refractivity contribution >= 4 is 23.3 Å². The summed E-state index contributed by atoms with van der Waals surface area (Å²) in [4.78, 5) is 22.7. The number of nitrogens with one attached hydrogen (secondary N) is 1. The molecule has 136 valence electrons. The lowest BCUT2D eigenvalue weighted by Crippen LogP contribution is -2.35. The van der Waals surface area contributed by atoms with Crippen molar-refractivity contribution in [3.63, 3.8) is 0 Å². The molecule has 0 fully saturated rings. The molecule has 1 unspecified atom stereocenters. The molecule has 0 bridgehead atoms. The minimum absolute atomic E-state index is 0.0596. The van der Waals surface area contributed by atoms with Gasteiger partial charge in [0.25, 0.3) is 0 Å². The molecule has 0 radical (unpaired) electrons. The predicted molar refractivity (Wildman–Crippen MR) is 99.8 cm³/mol. The van der Waals surface area contributed by atoms with Crippen LogP contribution >= 0.6 is 11.6 Å². The number of amidine groups is 1. The van der Waals surface area contributed by atoms with Gasteiger partial charge in [-0.1, -0.05) is 35.9 Å². The molecule has 1 amide bonds. The van der Waals surface area contributed by atoms with Crippen LogP contribution in [0.25, 0.3) is 0 Å². The third-order valence-corrected chi connectivity index (χ3v) is 4.31. The number of amides is 1. The average Bonchev–Trinajstić information content (AvgIpc) is 2.88. The second-order valence-corrected chi connectivity index (χ2v) is 6.71. The minimum atomic E-state index is -1.01. The first-order valence-corrected chi connectivity index (χ1v) is 8.56. The van der Waals surface area contributed by atoms with Crippen LogP contribution in [0.4, 0.5) is 0 Å². The van der Waals surface area contributed by atoms with Gasteiger partial charge in [0.2, 0.25) is 5.91 Å². The highest BCUT2D eigenvalue weighted by atomic mass is 35.5. The molecule has 0 aromatic heterocycles. The summed E-state index contributed by atoms with van der Waals surface area (Å²) in [6.45, 7) is 2.07. The molecule has 6 nitrogen and oxygen atoms in total. The molecule has 1 atom stereocenters. The van der Waals surface area contributed by atoms with Crippen LogP contribution in [0.1, 0.15) is 24.5 Å². The maximum atomic E-state index is 12.3. The third kappa shape index (κ3) is 4.15. The number of hydroxylamine groups is 2. The van der Waals surface area contributed by atoms with Crippen LogP contribution in [-0.4, -0.2) is 34.7 Å². The molecule has 2 N–H and O–H groups in total. The van der Waals surface area contributed by atoms with E-state index >= 15 is 0 Å². The van der Waals surface area contributed by atoms with Gasteiger partial charge in [-0.15, -0.1) is 0 Å². The van der Waals surface area contributed by atoms with E-state index in [1.807, 2.05) is 24.3 Å². The van der Waals surface area contributed by atoms with Crippen molar-refractivity contribution in [1.82, 2.24) is 10.4 Å². The molecule has 2 aromatic rings. The first-order chi connectivity index (χ1) is 12.4. The summed E-state index contributed by atoms with van der Waals surface area (Å²) in [5.41, 5.74) is 0.556. The number of rotatable bonds is 5. The Hall–Kier alpha value is -2.57. The maximum Gasteiger partial charge on any atom is 0.225 e. The van der Waals surface area contributed by atoms with E-state index in [0.717, 1.165) is 11.1 Å². The van der Waals surface area contributed by atoms with Crippen LogP contribution in [0.15, 0.2) is 53.5 Å². The first-order valence-electron chi connectivity index (χ1n) is 8.18. The molecule has 3 rings (SSSR count). The van der Waals surface area contributed by atoms with Crippen LogP contribution < -0.4 is 5.32 Å². The van der Waals surface area contributed by atoms with Gasteiger partial charge in [-0.3, -0.25) is 4.79 Å². The zero-order valence-corrected chi connectivity index (χ0v) is 15.3. The Morgan fingerprint density at radius 3 is 2.81 bits per heavy atom. The number of aromatic hydroxyl groups is 1. The van der Waals surface area contributed by atoms with Crippen LogP contribution in [0, 0.1) is 0 Å². The molecular weight excluding hydrogens is 354 g/mol. The van der Waals surface area contributed by atoms with Gasteiger partial charge < -0.3 is 10.4 Å². The van der Waals surface area contributed by atoms with E-state index in [-0.39, 0.29) is 18.1 Å². The Bertz CT molecular complexity index is 855. The smallest absolute Gasteiger partial charge is 0.225 e. The lowest BCUT2D eigenvalue weighted by Gasteiger charge is -2.21. The van der Waals surface area contributed by atoms with E-state index in [1.165, 1.54) is 5.06 Å². The maximum absolute atomic E-state index is 12.3. The van der Waals surface area contributed by atoms with Crippen LogP contribution in [0.5, 0.6) is 5.75 Å². The lowest BCUT2D eigenvalue weighted by molar-refractivity contribution is -0.166. The van der Waals surface area contributed by atoms with Crippen LogP contribution in [0.2, 0.25) is 5.02 Å².